The molecule has 126 valence electrons. The molecule has 0 radical (unpaired) electrons. The van der Waals surface area contributed by atoms with Crippen LogP contribution in [0.3, 0.4) is 0 Å². The van der Waals surface area contributed by atoms with Crippen molar-refractivity contribution in [2.45, 2.75) is 45.3 Å². The molecule has 0 spiro atoms. The summed E-state index contributed by atoms with van der Waals surface area (Å²) >= 11 is 0. The minimum Gasteiger partial charge on any atom is -0.330 e. The lowest BCUT2D eigenvalue weighted by Gasteiger charge is -2.22. The summed E-state index contributed by atoms with van der Waals surface area (Å²) in [5, 5.41) is 4.20. The molecular weight excluding hydrogens is 309 g/mol. The van der Waals surface area contributed by atoms with Crippen molar-refractivity contribution in [3.8, 4) is 0 Å². The molecule has 1 aromatic heterocycles. The van der Waals surface area contributed by atoms with Crippen LogP contribution in [0.5, 0.6) is 0 Å². The Kier molecular flexibility index (Phi) is 4.74. The molecular formula is C18H20FN3O2. The number of carbonyl (C=O) groups is 1. The molecule has 2 aromatic rings. The van der Waals surface area contributed by atoms with Crippen molar-refractivity contribution in [3.05, 3.63) is 63.8 Å². The van der Waals surface area contributed by atoms with Crippen LogP contribution in [0, 0.1) is 5.82 Å². The van der Waals surface area contributed by atoms with Crippen molar-refractivity contribution in [2.24, 2.45) is 0 Å². The molecule has 1 amide bonds. The highest BCUT2D eigenvalue weighted by Gasteiger charge is 2.33. The van der Waals surface area contributed by atoms with Gasteiger partial charge in [-0.2, -0.15) is 5.10 Å². The largest absolute Gasteiger partial charge is 0.330 e. The number of rotatable bonds is 6. The van der Waals surface area contributed by atoms with Gasteiger partial charge in [0.05, 0.1) is 0 Å². The molecule has 24 heavy (non-hydrogen) atoms. The van der Waals surface area contributed by atoms with E-state index in [9.17, 15) is 14.0 Å². The Morgan fingerprint density at radius 1 is 1.25 bits per heavy atom. The zero-order valence-corrected chi connectivity index (χ0v) is 13.6. The zero-order valence-electron chi connectivity index (χ0n) is 13.6. The van der Waals surface area contributed by atoms with E-state index >= 15 is 0 Å². The molecule has 0 atom stereocenters. The van der Waals surface area contributed by atoms with E-state index in [1.165, 1.54) is 28.9 Å². The highest BCUT2D eigenvalue weighted by atomic mass is 19.1. The van der Waals surface area contributed by atoms with Crippen LogP contribution < -0.4 is 5.56 Å². The van der Waals surface area contributed by atoms with Gasteiger partial charge in [-0.05, 0) is 43.0 Å². The standard InChI is InChI=1S/C18H20FN3O2/c1-2-11-22-17(23)10-9-16(20-22)18(24)21(15-7-8-15)12-13-3-5-14(19)6-4-13/h3-6,9-10,15H,2,7-8,11-12H2,1H3. The molecule has 1 aliphatic rings. The van der Waals surface area contributed by atoms with E-state index < -0.39 is 0 Å². The van der Waals surface area contributed by atoms with Gasteiger partial charge in [-0.1, -0.05) is 19.1 Å². The maximum absolute atomic E-state index is 13.1. The van der Waals surface area contributed by atoms with Crippen LogP contribution in [-0.2, 0) is 13.1 Å². The topological polar surface area (TPSA) is 55.2 Å². The molecule has 1 saturated carbocycles. The predicted molar refractivity (Wildman–Crippen MR) is 88.1 cm³/mol. The first-order chi connectivity index (χ1) is 11.6. The minimum absolute atomic E-state index is 0.188. The van der Waals surface area contributed by atoms with Gasteiger partial charge in [0.2, 0.25) is 0 Å². The Bertz CT molecular complexity index is 782. The summed E-state index contributed by atoms with van der Waals surface area (Å²) in [6.07, 6.45) is 2.69. The second kappa shape index (κ2) is 6.95. The third-order valence-electron chi connectivity index (χ3n) is 4.04. The fraction of sp³-hybridized carbons (Fsp3) is 0.389. The number of carbonyl (C=O) groups excluding carboxylic acids is 1. The lowest BCUT2D eigenvalue weighted by atomic mass is 10.2. The smallest absolute Gasteiger partial charge is 0.274 e. The number of benzene rings is 1. The first-order valence-corrected chi connectivity index (χ1v) is 8.22. The number of halogens is 1. The van der Waals surface area contributed by atoms with Gasteiger partial charge in [0, 0.05) is 25.2 Å². The number of aromatic nitrogens is 2. The molecule has 1 heterocycles. The molecule has 0 aliphatic heterocycles. The molecule has 1 aliphatic carbocycles. The second-order valence-corrected chi connectivity index (χ2v) is 6.07. The van der Waals surface area contributed by atoms with E-state index in [1.54, 1.807) is 17.0 Å². The molecule has 5 nitrogen and oxygen atoms in total. The molecule has 0 unspecified atom stereocenters. The number of nitrogens with zero attached hydrogens (tertiary/aromatic N) is 3. The SMILES string of the molecule is CCCn1nc(C(=O)N(Cc2ccc(F)cc2)C2CC2)ccc1=O. The maximum Gasteiger partial charge on any atom is 0.274 e. The normalized spacial score (nSPS) is 13.8. The lowest BCUT2D eigenvalue weighted by Crippen LogP contribution is -2.35. The van der Waals surface area contributed by atoms with Gasteiger partial charge in [-0.25, -0.2) is 9.07 Å². The van der Waals surface area contributed by atoms with Crippen molar-refractivity contribution in [1.29, 1.82) is 0 Å². The summed E-state index contributed by atoms with van der Waals surface area (Å²) in [6, 6.07) is 9.22. The van der Waals surface area contributed by atoms with Gasteiger partial charge >= 0.3 is 0 Å². The quantitative estimate of drug-likeness (QED) is 0.818. The van der Waals surface area contributed by atoms with Gasteiger partial charge in [0.15, 0.2) is 0 Å². The van der Waals surface area contributed by atoms with Crippen molar-refractivity contribution in [1.82, 2.24) is 14.7 Å². The van der Waals surface area contributed by atoms with Crippen LogP contribution in [0.2, 0.25) is 0 Å². The molecule has 0 N–H and O–H groups in total. The first-order valence-electron chi connectivity index (χ1n) is 8.22. The Balaban J connectivity index is 1.83. The molecule has 3 rings (SSSR count). The predicted octanol–water partition coefficient (Wildman–Crippen LogP) is 2.60. The van der Waals surface area contributed by atoms with Crippen LogP contribution >= 0.6 is 0 Å². The highest BCUT2D eigenvalue weighted by molar-refractivity contribution is 5.92. The Labute approximate surface area is 139 Å². The van der Waals surface area contributed by atoms with Gasteiger partial charge < -0.3 is 4.90 Å². The van der Waals surface area contributed by atoms with Gasteiger partial charge in [-0.3, -0.25) is 9.59 Å². The summed E-state index contributed by atoms with van der Waals surface area (Å²) in [5.74, 6) is -0.483. The van der Waals surface area contributed by atoms with E-state index in [4.69, 9.17) is 0 Å². The van der Waals surface area contributed by atoms with E-state index in [0.717, 1.165) is 24.8 Å². The number of hydrogen-bond acceptors (Lipinski definition) is 3. The summed E-state index contributed by atoms with van der Waals surface area (Å²) < 4.78 is 14.4. The second-order valence-electron chi connectivity index (χ2n) is 6.07. The fourth-order valence-corrected chi connectivity index (χ4v) is 2.62. The van der Waals surface area contributed by atoms with Crippen molar-refractivity contribution in [3.63, 3.8) is 0 Å². The molecule has 1 fully saturated rings. The lowest BCUT2D eigenvalue weighted by molar-refractivity contribution is 0.0721. The summed E-state index contributed by atoms with van der Waals surface area (Å²) in [4.78, 5) is 26.4. The average molecular weight is 329 g/mol. The summed E-state index contributed by atoms with van der Waals surface area (Å²) in [5.41, 5.74) is 0.945. The maximum atomic E-state index is 13.1. The molecule has 1 aromatic carbocycles. The average Bonchev–Trinajstić information content (AvgIpc) is 3.41. The third kappa shape index (κ3) is 3.69. The minimum atomic E-state index is -0.295. The number of amides is 1. The number of hydrogen-bond donors (Lipinski definition) is 0. The zero-order chi connectivity index (χ0) is 17.1. The van der Waals surface area contributed by atoms with Crippen molar-refractivity contribution < 1.29 is 9.18 Å². The number of aryl methyl sites for hydroxylation is 1. The molecule has 6 heteroatoms. The van der Waals surface area contributed by atoms with Gasteiger partial charge in [0.25, 0.3) is 11.5 Å². The first kappa shape index (κ1) is 16.4. The van der Waals surface area contributed by atoms with Crippen LogP contribution in [0.15, 0.2) is 41.2 Å². The van der Waals surface area contributed by atoms with Crippen LogP contribution in [0.1, 0.15) is 42.2 Å². The van der Waals surface area contributed by atoms with Gasteiger partial charge in [0.1, 0.15) is 11.5 Å². The van der Waals surface area contributed by atoms with E-state index in [0.29, 0.717) is 13.1 Å². The van der Waals surface area contributed by atoms with Crippen molar-refractivity contribution >= 4 is 5.91 Å². The van der Waals surface area contributed by atoms with E-state index in [-0.39, 0.29) is 29.0 Å². The van der Waals surface area contributed by atoms with Gasteiger partial charge in [-0.15, -0.1) is 0 Å². The molecule has 0 bridgehead atoms. The Hall–Kier alpha value is -2.50. The Morgan fingerprint density at radius 3 is 2.58 bits per heavy atom. The van der Waals surface area contributed by atoms with Crippen LogP contribution in [0.4, 0.5) is 4.39 Å². The highest BCUT2D eigenvalue weighted by Crippen LogP contribution is 2.29. The van der Waals surface area contributed by atoms with E-state index in [1.807, 2.05) is 6.92 Å². The third-order valence-corrected chi connectivity index (χ3v) is 4.04. The van der Waals surface area contributed by atoms with Crippen molar-refractivity contribution in [2.75, 3.05) is 0 Å². The summed E-state index contributed by atoms with van der Waals surface area (Å²) in [6.45, 7) is 2.85. The Morgan fingerprint density at radius 2 is 1.96 bits per heavy atom. The van der Waals surface area contributed by atoms with E-state index in [2.05, 4.69) is 5.10 Å². The monoisotopic (exact) mass is 329 g/mol. The molecule has 0 saturated heterocycles. The van der Waals surface area contributed by atoms with Crippen LogP contribution in [-0.4, -0.2) is 26.6 Å². The van der Waals surface area contributed by atoms with Crippen LogP contribution in [0.25, 0.3) is 0 Å². The fourth-order valence-electron chi connectivity index (χ4n) is 2.62. The summed E-state index contributed by atoms with van der Waals surface area (Å²) in [7, 11) is 0.